The average Bonchev–Trinajstić information content (AvgIpc) is 2.88. The van der Waals surface area contributed by atoms with Crippen LogP contribution in [-0.2, 0) is 7.05 Å². The summed E-state index contributed by atoms with van der Waals surface area (Å²) in [6, 6.07) is 15.0. The van der Waals surface area contributed by atoms with Gasteiger partial charge >= 0.3 is 0 Å². The molecule has 0 radical (unpaired) electrons. The van der Waals surface area contributed by atoms with Crippen LogP contribution in [0.3, 0.4) is 0 Å². The van der Waals surface area contributed by atoms with Crippen LogP contribution in [0.25, 0.3) is 33.2 Å². The SMILES string of the molecule is Cc1ccc2oc3cc(F)ccc3c2c1-c1cccc(C)[n+]1C. The predicted octanol–water partition coefficient (Wildman–Crippen LogP) is 4.83. The van der Waals surface area contributed by atoms with Crippen molar-refractivity contribution in [3.8, 4) is 11.3 Å². The molecule has 2 aromatic carbocycles. The van der Waals surface area contributed by atoms with Crippen LogP contribution in [0.5, 0.6) is 0 Å². The molecule has 0 atom stereocenters. The van der Waals surface area contributed by atoms with Gasteiger partial charge in [0.1, 0.15) is 24.0 Å². The summed E-state index contributed by atoms with van der Waals surface area (Å²) in [5.74, 6) is -0.282. The normalized spacial score (nSPS) is 11.5. The van der Waals surface area contributed by atoms with Crippen LogP contribution in [0.1, 0.15) is 11.3 Å². The van der Waals surface area contributed by atoms with Gasteiger partial charge in [0.2, 0.25) is 5.69 Å². The van der Waals surface area contributed by atoms with Crippen molar-refractivity contribution in [2.24, 2.45) is 7.05 Å². The highest BCUT2D eigenvalue weighted by atomic mass is 19.1. The summed E-state index contributed by atoms with van der Waals surface area (Å²) >= 11 is 0. The van der Waals surface area contributed by atoms with Crippen LogP contribution in [-0.4, -0.2) is 0 Å². The van der Waals surface area contributed by atoms with Crippen LogP contribution < -0.4 is 4.57 Å². The monoisotopic (exact) mass is 306 g/mol. The quantitative estimate of drug-likeness (QED) is 0.460. The highest BCUT2D eigenvalue weighted by Crippen LogP contribution is 2.37. The maximum Gasteiger partial charge on any atom is 0.213 e. The molecule has 2 nitrogen and oxygen atoms in total. The van der Waals surface area contributed by atoms with E-state index in [0.29, 0.717) is 5.58 Å². The molecule has 0 aliphatic carbocycles. The van der Waals surface area contributed by atoms with Gasteiger partial charge in [-0.2, -0.15) is 4.57 Å². The van der Waals surface area contributed by atoms with E-state index in [9.17, 15) is 4.39 Å². The van der Waals surface area contributed by atoms with Crippen molar-refractivity contribution in [2.75, 3.05) is 0 Å². The Balaban J connectivity index is 2.19. The Morgan fingerprint density at radius 1 is 0.957 bits per heavy atom. The Bertz CT molecular complexity index is 1060. The second-order valence-corrected chi connectivity index (χ2v) is 5.98. The molecule has 0 aliphatic rings. The minimum absolute atomic E-state index is 0.282. The van der Waals surface area contributed by atoms with E-state index in [4.69, 9.17) is 4.42 Å². The minimum Gasteiger partial charge on any atom is -0.456 e. The zero-order chi connectivity index (χ0) is 16.1. The molecule has 0 unspecified atom stereocenters. The number of hydrogen-bond acceptors (Lipinski definition) is 1. The molecule has 0 saturated carbocycles. The summed E-state index contributed by atoms with van der Waals surface area (Å²) in [6.07, 6.45) is 0. The lowest BCUT2D eigenvalue weighted by atomic mass is 9.98. The molecule has 0 N–H and O–H groups in total. The number of pyridine rings is 1. The number of fused-ring (bicyclic) bond motifs is 3. The van der Waals surface area contributed by atoms with Crippen molar-refractivity contribution in [2.45, 2.75) is 13.8 Å². The molecule has 0 bridgehead atoms. The maximum absolute atomic E-state index is 13.5. The molecule has 23 heavy (non-hydrogen) atoms. The number of furan rings is 1. The lowest BCUT2D eigenvalue weighted by Crippen LogP contribution is -2.34. The topological polar surface area (TPSA) is 17.0 Å². The fraction of sp³-hybridized carbons (Fsp3) is 0.150. The minimum atomic E-state index is -0.282. The molecule has 114 valence electrons. The molecule has 4 rings (SSSR count). The first-order valence-electron chi connectivity index (χ1n) is 7.63. The van der Waals surface area contributed by atoms with Gasteiger partial charge in [-0.15, -0.1) is 0 Å². The van der Waals surface area contributed by atoms with E-state index >= 15 is 0 Å². The molecular weight excluding hydrogens is 289 g/mol. The molecule has 0 amide bonds. The Morgan fingerprint density at radius 2 is 1.78 bits per heavy atom. The number of aryl methyl sites for hydroxylation is 2. The van der Waals surface area contributed by atoms with Gasteiger partial charge in [0.25, 0.3) is 0 Å². The van der Waals surface area contributed by atoms with Crippen molar-refractivity contribution in [3.63, 3.8) is 0 Å². The first-order chi connectivity index (χ1) is 11.1. The standard InChI is InChI=1S/C20H17FNO/c1-12-7-10-17-20(15-9-8-14(21)11-18(15)23-17)19(12)16-6-4-5-13(2)22(16)3/h4-11H,1-3H3/q+1. The molecule has 3 heteroatoms. The number of aromatic nitrogens is 1. The lowest BCUT2D eigenvalue weighted by molar-refractivity contribution is -0.666. The van der Waals surface area contributed by atoms with Crippen LogP contribution in [0, 0.1) is 19.7 Å². The summed E-state index contributed by atoms with van der Waals surface area (Å²) in [4.78, 5) is 0. The number of benzene rings is 2. The van der Waals surface area contributed by atoms with E-state index in [1.54, 1.807) is 6.07 Å². The van der Waals surface area contributed by atoms with Gasteiger partial charge < -0.3 is 4.42 Å². The van der Waals surface area contributed by atoms with Crippen LogP contribution in [0.2, 0.25) is 0 Å². The molecule has 2 aromatic heterocycles. The van der Waals surface area contributed by atoms with E-state index in [1.807, 2.05) is 6.07 Å². The fourth-order valence-corrected chi connectivity index (χ4v) is 3.22. The molecular formula is C20H17FNO+. The third-order valence-electron chi connectivity index (χ3n) is 4.55. The van der Waals surface area contributed by atoms with Crippen LogP contribution in [0.4, 0.5) is 4.39 Å². The Morgan fingerprint density at radius 3 is 2.61 bits per heavy atom. The van der Waals surface area contributed by atoms with Gasteiger partial charge in [0, 0.05) is 35.9 Å². The zero-order valence-electron chi connectivity index (χ0n) is 13.4. The van der Waals surface area contributed by atoms with Crippen molar-refractivity contribution in [3.05, 3.63) is 65.6 Å². The van der Waals surface area contributed by atoms with Gasteiger partial charge in [0.05, 0.1) is 5.56 Å². The fourth-order valence-electron chi connectivity index (χ4n) is 3.22. The van der Waals surface area contributed by atoms with Crippen LogP contribution >= 0.6 is 0 Å². The first kappa shape index (κ1) is 13.9. The summed E-state index contributed by atoms with van der Waals surface area (Å²) in [5, 5.41) is 1.99. The lowest BCUT2D eigenvalue weighted by Gasteiger charge is -2.07. The van der Waals surface area contributed by atoms with Crippen molar-refractivity contribution < 1.29 is 13.4 Å². The molecule has 2 heterocycles. The molecule has 0 fully saturated rings. The van der Waals surface area contributed by atoms with E-state index < -0.39 is 0 Å². The van der Waals surface area contributed by atoms with E-state index in [2.05, 4.69) is 49.7 Å². The number of hydrogen-bond donors (Lipinski definition) is 0. The van der Waals surface area contributed by atoms with Crippen molar-refractivity contribution in [1.82, 2.24) is 0 Å². The molecule has 4 aromatic rings. The number of nitrogens with zero attached hydrogens (tertiary/aromatic N) is 1. The zero-order valence-corrected chi connectivity index (χ0v) is 13.4. The van der Waals surface area contributed by atoms with Crippen LogP contribution in [0.15, 0.2) is 52.9 Å². The van der Waals surface area contributed by atoms with Crippen molar-refractivity contribution in [1.29, 1.82) is 0 Å². The van der Waals surface area contributed by atoms with Gasteiger partial charge in [-0.3, -0.25) is 0 Å². The molecule has 0 saturated heterocycles. The Hall–Kier alpha value is -2.68. The summed E-state index contributed by atoms with van der Waals surface area (Å²) < 4.78 is 21.6. The second kappa shape index (κ2) is 4.92. The number of halogens is 1. The highest BCUT2D eigenvalue weighted by Gasteiger charge is 2.21. The first-order valence-corrected chi connectivity index (χ1v) is 7.63. The third-order valence-corrected chi connectivity index (χ3v) is 4.55. The second-order valence-electron chi connectivity index (χ2n) is 5.98. The van der Waals surface area contributed by atoms with Gasteiger partial charge in [-0.25, -0.2) is 4.39 Å². The molecule has 0 spiro atoms. The van der Waals surface area contributed by atoms with Gasteiger partial charge in [-0.1, -0.05) is 6.07 Å². The largest absolute Gasteiger partial charge is 0.456 e. The van der Waals surface area contributed by atoms with E-state index in [-0.39, 0.29) is 5.82 Å². The highest BCUT2D eigenvalue weighted by molar-refractivity contribution is 6.12. The van der Waals surface area contributed by atoms with Gasteiger partial charge in [0.15, 0.2) is 5.69 Å². The van der Waals surface area contributed by atoms with E-state index in [0.717, 1.165) is 27.6 Å². The smallest absolute Gasteiger partial charge is 0.213 e. The third kappa shape index (κ3) is 2.04. The maximum atomic E-state index is 13.5. The van der Waals surface area contributed by atoms with E-state index in [1.165, 1.54) is 23.4 Å². The summed E-state index contributed by atoms with van der Waals surface area (Å²) in [6.45, 7) is 4.18. The Kier molecular flexibility index (Phi) is 2.98. The summed E-state index contributed by atoms with van der Waals surface area (Å²) in [5.41, 5.74) is 5.98. The number of rotatable bonds is 1. The predicted molar refractivity (Wildman–Crippen MR) is 89.8 cm³/mol. The molecule has 0 aliphatic heterocycles. The summed E-state index contributed by atoms with van der Waals surface area (Å²) in [7, 11) is 2.06. The van der Waals surface area contributed by atoms with Gasteiger partial charge in [-0.05, 0) is 36.8 Å². The average molecular weight is 306 g/mol. The Labute approximate surface area is 133 Å². The van der Waals surface area contributed by atoms with Crippen molar-refractivity contribution >= 4 is 21.9 Å².